The Balaban J connectivity index is 1.79. The number of nitrogens with one attached hydrogen (secondary N) is 2. The largest absolute Gasteiger partial charge is 0.495 e. The summed E-state index contributed by atoms with van der Waals surface area (Å²) < 4.78 is 18.3. The number of aromatic nitrogens is 2. The predicted octanol–water partition coefficient (Wildman–Crippen LogP) is 4.22. The summed E-state index contributed by atoms with van der Waals surface area (Å²) in [5, 5.41) is 6.77. The maximum absolute atomic E-state index is 13.0. The topological polar surface area (TPSA) is 85.1 Å². The van der Waals surface area contributed by atoms with Gasteiger partial charge < -0.3 is 21.1 Å². The third-order valence-electron chi connectivity index (χ3n) is 3.67. The molecule has 1 aromatic heterocycles. The minimum absolute atomic E-state index is 0.280. The highest BCUT2D eigenvalue weighted by molar-refractivity contribution is 6.31. The highest BCUT2D eigenvalue weighted by atomic mass is 35.5. The summed E-state index contributed by atoms with van der Waals surface area (Å²) in [4.78, 5) is 8.33. The molecule has 26 heavy (non-hydrogen) atoms. The van der Waals surface area contributed by atoms with Crippen LogP contribution in [0.2, 0.25) is 5.02 Å². The Morgan fingerprint density at radius 1 is 1.12 bits per heavy atom. The Kier molecular flexibility index (Phi) is 5.38. The van der Waals surface area contributed by atoms with Crippen LogP contribution in [0.1, 0.15) is 5.56 Å². The van der Waals surface area contributed by atoms with Crippen molar-refractivity contribution < 1.29 is 9.13 Å². The van der Waals surface area contributed by atoms with E-state index in [0.717, 1.165) is 5.56 Å². The molecule has 0 saturated heterocycles. The molecule has 134 valence electrons. The van der Waals surface area contributed by atoms with Crippen LogP contribution in [0.25, 0.3) is 0 Å². The SMILES string of the molecule is COc1ccc(Cl)cc1Nc1ncnc(NCc2ccc(F)cc2)c1N. The summed E-state index contributed by atoms with van der Waals surface area (Å²) in [5.41, 5.74) is 8.04. The van der Waals surface area contributed by atoms with Gasteiger partial charge in [-0.3, -0.25) is 0 Å². The summed E-state index contributed by atoms with van der Waals surface area (Å²) in [6.45, 7) is 0.446. The number of hydrogen-bond donors (Lipinski definition) is 3. The molecule has 0 radical (unpaired) electrons. The molecule has 2 aromatic carbocycles. The van der Waals surface area contributed by atoms with Crippen molar-refractivity contribution in [2.24, 2.45) is 0 Å². The molecule has 0 saturated carbocycles. The number of nitrogens with zero attached hydrogens (tertiary/aromatic N) is 2. The van der Waals surface area contributed by atoms with Crippen molar-refractivity contribution in [3.8, 4) is 5.75 Å². The fourth-order valence-electron chi connectivity index (χ4n) is 2.33. The van der Waals surface area contributed by atoms with E-state index in [1.807, 2.05) is 0 Å². The van der Waals surface area contributed by atoms with Gasteiger partial charge in [-0.2, -0.15) is 0 Å². The van der Waals surface area contributed by atoms with E-state index in [1.54, 1.807) is 37.4 Å². The Morgan fingerprint density at radius 3 is 2.58 bits per heavy atom. The highest BCUT2D eigenvalue weighted by Gasteiger charge is 2.11. The average Bonchev–Trinajstić information content (AvgIpc) is 2.64. The van der Waals surface area contributed by atoms with Crippen LogP contribution in [-0.2, 0) is 6.54 Å². The van der Waals surface area contributed by atoms with Gasteiger partial charge >= 0.3 is 0 Å². The van der Waals surface area contributed by atoms with E-state index in [-0.39, 0.29) is 5.82 Å². The lowest BCUT2D eigenvalue weighted by Crippen LogP contribution is -2.08. The zero-order valence-corrected chi connectivity index (χ0v) is 14.7. The second kappa shape index (κ2) is 7.88. The smallest absolute Gasteiger partial charge is 0.159 e. The summed E-state index contributed by atoms with van der Waals surface area (Å²) >= 11 is 6.04. The maximum Gasteiger partial charge on any atom is 0.159 e. The molecule has 1 heterocycles. The molecule has 4 N–H and O–H groups in total. The minimum atomic E-state index is -0.280. The molecule has 0 fully saturated rings. The quantitative estimate of drug-likeness (QED) is 0.600. The Morgan fingerprint density at radius 2 is 1.85 bits per heavy atom. The van der Waals surface area contributed by atoms with E-state index < -0.39 is 0 Å². The molecule has 3 rings (SSSR count). The van der Waals surface area contributed by atoms with Crippen molar-refractivity contribution in [3.63, 3.8) is 0 Å². The van der Waals surface area contributed by atoms with Gasteiger partial charge in [0.1, 0.15) is 23.6 Å². The molecule has 0 spiro atoms. The van der Waals surface area contributed by atoms with E-state index in [4.69, 9.17) is 22.1 Å². The Bertz CT molecular complexity index is 905. The fourth-order valence-corrected chi connectivity index (χ4v) is 2.50. The predicted molar refractivity (Wildman–Crippen MR) is 101 cm³/mol. The number of rotatable bonds is 6. The number of anilines is 4. The van der Waals surface area contributed by atoms with Crippen molar-refractivity contribution in [1.29, 1.82) is 0 Å². The van der Waals surface area contributed by atoms with Crippen LogP contribution in [-0.4, -0.2) is 17.1 Å². The zero-order valence-electron chi connectivity index (χ0n) is 14.0. The van der Waals surface area contributed by atoms with Crippen LogP contribution in [0, 0.1) is 5.82 Å². The number of ether oxygens (including phenoxy) is 1. The molecule has 3 aromatic rings. The first-order valence-electron chi connectivity index (χ1n) is 7.76. The molecular weight excluding hydrogens is 357 g/mol. The summed E-state index contributed by atoms with van der Waals surface area (Å²) in [6, 6.07) is 11.4. The van der Waals surface area contributed by atoms with Gasteiger partial charge in [-0.1, -0.05) is 23.7 Å². The maximum atomic E-state index is 13.0. The lowest BCUT2D eigenvalue weighted by atomic mass is 10.2. The van der Waals surface area contributed by atoms with Gasteiger partial charge in [-0.25, -0.2) is 14.4 Å². The first-order valence-corrected chi connectivity index (χ1v) is 8.14. The Labute approximate surface area is 155 Å². The fraction of sp³-hybridized carbons (Fsp3) is 0.111. The van der Waals surface area contributed by atoms with Crippen LogP contribution in [0.4, 0.5) is 27.4 Å². The molecule has 0 atom stereocenters. The van der Waals surface area contributed by atoms with Gasteiger partial charge in [0.05, 0.1) is 12.8 Å². The molecular formula is C18H17ClFN5O. The zero-order chi connectivity index (χ0) is 18.5. The van der Waals surface area contributed by atoms with Crippen LogP contribution < -0.4 is 21.1 Å². The van der Waals surface area contributed by atoms with E-state index in [2.05, 4.69) is 20.6 Å². The Hall–Kier alpha value is -3.06. The third kappa shape index (κ3) is 4.12. The number of methoxy groups -OCH3 is 1. The van der Waals surface area contributed by atoms with E-state index >= 15 is 0 Å². The van der Waals surface area contributed by atoms with Gasteiger partial charge in [-0.15, -0.1) is 0 Å². The third-order valence-corrected chi connectivity index (χ3v) is 3.91. The molecule has 6 nitrogen and oxygen atoms in total. The van der Waals surface area contributed by atoms with Crippen LogP contribution in [0.15, 0.2) is 48.8 Å². The van der Waals surface area contributed by atoms with Crippen molar-refractivity contribution in [1.82, 2.24) is 9.97 Å². The number of hydrogen-bond acceptors (Lipinski definition) is 6. The van der Waals surface area contributed by atoms with E-state index in [0.29, 0.717) is 40.3 Å². The lowest BCUT2D eigenvalue weighted by Gasteiger charge is -2.14. The summed E-state index contributed by atoms with van der Waals surface area (Å²) in [6.07, 6.45) is 1.39. The van der Waals surface area contributed by atoms with Gasteiger partial charge in [0.25, 0.3) is 0 Å². The highest BCUT2D eigenvalue weighted by Crippen LogP contribution is 2.33. The van der Waals surface area contributed by atoms with Crippen LogP contribution >= 0.6 is 11.6 Å². The number of nitrogens with two attached hydrogens (primary N) is 1. The van der Waals surface area contributed by atoms with Crippen molar-refractivity contribution in [2.75, 3.05) is 23.5 Å². The van der Waals surface area contributed by atoms with Crippen molar-refractivity contribution in [2.45, 2.75) is 6.54 Å². The van der Waals surface area contributed by atoms with Gasteiger partial charge in [0.15, 0.2) is 11.6 Å². The second-order valence-electron chi connectivity index (χ2n) is 5.43. The first kappa shape index (κ1) is 17.8. The molecule has 0 aliphatic carbocycles. The van der Waals surface area contributed by atoms with Gasteiger partial charge in [0, 0.05) is 11.6 Å². The average molecular weight is 374 g/mol. The molecule has 0 unspecified atom stereocenters. The van der Waals surface area contributed by atoms with Gasteiger partial charge in [0.2, 0.25) is 0 Å². The molecule has 0 aliphatic heterocycles. The number of nitrogen functional groups attached to an aromatic ring is 1. The monoisotopic (exact) mass is 373 g/mol. The molecule has 0 bridgehead atoms. The van der Waals surface area contributed by atoms with Crippen molar-refractivity contribution in [3.05, 3.63) is 65.2 Å². The van der Waals surface area contributed by atoms with Crippen molar-refractivity contribution >= 4 is 34.6 Å². The lowest BCUT2D eigenvalue weighted by molar-refractivity contribution is 0.417. The summed E-state index contributed by atoms with van der Waals surface area (Å²) in [7, 11) is 1.56. The van der Waals surface area contributed by atoms with E-state index in [1.165, 1.54) is 18.5 Å². The second-order valence-corrected chi connectivity index (χ2v) is 5.87. The van der Waals surface area contributed by atoms with Gasteiger partial charge in [-0.05, 0) is 35.9 Å². The molecule has 8 heteroatoms. The number of halogens is 2. The molecule has 0 aliphatic rings. The minimum Gasteiger partial charge on any atom is -0.495 e. The normalized spacial score (nSPS) is 10.4. The first-order chi connectivity index (χ1) is 12.6. The van der Waals surface area contributed by atoms with E-state index in [9.17, 15) is 4.39 Å². The summed E-state index contributed by atoms with van der Waals surface area (Å²) in [5.74, 6) is 1.21. The van der Waals surface area contributed by atoms with Crippen LogP contribution in [0.3, 0.4) is 0 Å². The van der Waals surface area contributed by atoms with Crippen LogP contribution in [0.5, 0.6) is 5.75 Å². The number of benzene rings is 2. The standard InChI is InChI=1S/C18H17ClFN5O/c1-26-15-7-4-12(19)8-14(15)25-18-16(21)17(23-10-24-18)22-9-11-2-5-13(20)6-3-11/h2-8,10H,9,21H2,1H3,(H2,22,23,24,25). The molecule has 0 amide bonds.